The second-order valence-corrected chi connectivity index (χ2v) is 9.24. The van der Waals surface area contributed by atoms with E-state index in [0.717, 1.165) is 0 Å². The molecule has 2 heterocycles. The van der Waals surface area contributed by atoms with Gasteiger partial charge in [-0.05, 0) is 43.5 Å². The van der Waals surface area contributed by atoms with E-state index in [2.05, 4.69) is 10.3 Å². The van der Waals surface area contributed by atoms with Crippen molar-refractivity contribution in [3.8, 4) is 11.5 Å². The molecule has 1 aromatic carbocycles. The number of carbonyl (C=O) groups is 1. The first-order valence-corrected chi connectivity index (χ1v) is 10.8. The molecule has 1 aliphatic carbocycles. The van der Waals surface area contributed by atoms with Crippen molar-refractivity contribution < 1.29 is 22.3 Å². The minimum absolute atomic E-state index is 0.0130. The minimum atomic E-state index is -3.22. The zero-order valence-corrected chi connectivity index (χ0v) is 16.1. The zero-order chi connectivity index (χ0) is 19.9. The molecule has 2 aromatic rings. The summed E-state index contributed by atoms with van der Waals surface area (Å²) in [5, 5.41) is 2.40. The molecule has 1 saturated carbocycles. The van der Waals surface area contributed by atoms with Crippen LogP contribution in [0.4, 0.5) is 15.0 Å². The van der Waals surface area contributed by atoms with E-state index in [1.807, 2.05) is 6.92 Å². The molecular weight excluding hydrogens is 385 g/mol. The van der Waals surface area contributed by atoms with E-state index in [4.69, 9.17) is 4.74 Å². The summed E-state index contributed by atoms with van der Waals surface area (Å²) >= 11 is 0. The van der Waals surface area contributed by atoms with E-state index in [9.17, 15) is 17.6 Å². The average molecular weight is 405 g/mol. The SMILES string of the molecule is CCN1Cc2c(Oc3ccc(CS(=O)(=O)C4CC4)cc3F)ccnc2NC1=O. The Kier molecular flexibility index (Phi) is 4.70. The van der Waals surface area contributed by atoms with Crippen molar-refractivity contribution in [1.82, 2.24) is 9.88 Å². The predicted molar refractivity (Wildman–Crippen MR) is 101 cm³/mol. The number of ether oxygens (including phenoxy) is 1. The van der Waals surface area contributed by atoms with Gasteiger partial charge in [-0.3, -0.25) is 5.32 Å². The van der Waals surface area contributed by atoms with Crippen LogP contribution in [0.1, 0.15) is 30.9 Å². The number of pyridine rings is 1. The molecule has 1 N–H and O–H groups in total. The Hall–Kier alpha value is -2.68. The highest BCUT2D eigenvalue weighted by Crippen LogP contribution is 2.35. The lowest BCUT2D eigenvalue weighted by atomic mass is 10.2. The molecule has 0 bridgehead atoms. The third kappa shape index (κ3) is 3.66. The topological polar surface area (TPSA) is 88.6 Å². The van der Waals surface area contributed by atoms with Crippen molar-refractivity contribution in [2.45, 2.75) is 37.3 Å². The lowest BCUT2D eigenvalue weighted by Crippen LogP contribution is -2.38. The fourth-order valence-corrected chi connectivity index (χ4v) is 4.88. The van der Waals surface area contributed by atoms with E-state index in [-0.39, 0.29) is 22.8 Å². The maximum Gasteiger partial charge on any atom is 0.323 e. The zero-order valence-electron chi connectivity index (χ0n) is 15.3. The first kappa shape index (κ1) is 18.7. The molecule has 1 aromatic heterocycles. The maximum atomic E-state index is 14.5. The molecule has 0 unspecified atom stereocenters. The Bertz CT molecular complexity index is 1040. The van der Waals surface area contributed by atoms with Crippen LogP contribution in [0.15, 0.2) is 30.5 Å². The van der Waals surface area contributed by atoms with Gasteiger partial charge in [-0.25, -0.2) is 22.6 Å². The van der Waals surface area contributed by atoms with Gasteiger partial charge in [-0.1, -0.05) is 6.07 Å². The number of benzene rings is 1. The number of fused-ring (bicyclic) bond motifs is 1. The maximum absolute atomic E-state index is 14.5. The molecule has 7 nitrogen and oxygen atoms in total. The number of anilines is 1. The normalized spacial score (nSPS) is 16.5. The number of amides is 2. The van der Waals surface area contributed by atoms with Crippen LogP contribution in [0.5, 0.6) is 11.5 Å². The number of nitrogens with one attached hydrogen (secondary N) is 1. The number of rotatable bonds is 6. The Morgan fingerprint density at radius 1 is 1.29 bits per heavy atom. The van der Waals surface area contributed by atoms with Crippen LogP contribution in [-0.4, -0.2) is 36.1 Å². The Labute approximate surface area is 162 Å². The van der Waals surface area contributed by atoms with Gasteiger partial charge in [-0.15, -0.1) is 0 Å². The smallest absolute Gasteiger partial charge is 0.323 e. The number of aromatic nitrogens is 1. The summed E-state index contributed by atoms with van der Waals surface area (Å²) in [4.78, 5) is 17.7. The van der Waals surface area contributed by atoms with Crippen molar-refractivity contribution >= 4 is 21.7 Å². The Balaban J connectivity index is 1.57. The third-order valence-electron chi connectivity index (χ3n) is 4.87. The second-order valence-electron chi connectivity index (χ2n) is 6.95. The van der Waals surface area contributed by atoms with E-state index in [1.165, 1.54) is 18.3 Å². The predicted octanol–water partition coefficient (Wildman–Crippen LogP) is 3.46. The van der Waals surface area contributed by atoms with Gasteiger partial charge in [0.25, 0.3) is 0 Å². The molecular formula is C19H20FN3O4S. The van der Waals surface area contributed by atoms with Crippen LogP contribution in [0.2, 0.25) is 0 Å². The number of hydrogen-bond donors (Lipinski definition) is 1. The van der Waals surface area contributed by atoms with Crippen LogP contribution in [-0.2, 0) is 22.1 Å². The van der Waals surface area contributed by atoms with E-state index < -0.39 is 15.7 Å². The molecule has 0 radical (unpaired) electrons. The number of sulfone groups is 1. The van der Waals surface area contributed by atoms with Crippen LogP contribution in [0.3, 0.4) is 0 Å². The standard InChI is InChI=1S/C19H20FN3O4S/c1-2-23-10-14-16(7-8-21-18(14)22-19(23)24)27-17-6-3-12(9-15(17)20)11-28(25,26)13-4-5-13/h3,6-9,13H,2,4-5,10-11H2,1H3,(H,21,22,24). The molecule has 0 saturated heterocycles. The second kappa shape index (κ2) is 7.05. The molecule has 0 spiro atoms. The van der Waals surface area contributed by atoms with E-state index in [1.54, 1.807) is 17.0 Å². The molecule has 148 valence electrons. The summed E-state index contributed by atoms with van der Waals surface area (Å²) in [7, 11) is -3.22. The van der Waals surface area contributed by atoms with Gasteiger partial charge in [0.05, 0.1) is 23.1 Å². The van der Waals surface area contributed by atoms with Crippen molar-refractivity contribution in [3.63, 3.8) is 0 Å². The molecule has 1 aliphatic heterocycles. The summed E-state index contributed by atoms with van der Waals surface area (Å²) in [6.45, 7) is 2.67. The Morgan fingerprint density at radius 3 is 2.75 bits per heavy atom. The summed E-state index contributed by atoms with van der Waals surface area (Å²) in [5.74, 6) is -0.0422. The summed E-state index contributed by atoms with van der Waals surface area (Å²) in [6, 6.07) is 5.55. The average Bonchev–Trinajstić information content (AvgIpc) is 3.49. The highest BCUT2D eigenvalue weighted by atomic mass is 32.2. The summed E-state index contributed by atoms with van der Waals surface area (Å²) in [5.41, 5.74) is 1.06. The lowest BCUT2D eigenvalue weighted by molar-refractivity contribution is 0.209. The first-order chi connectivity index (χ1) is 13.4. The fourth-order valence-electron chi connectivity index (χ4n) is 3.14. The number of nitrogens with zero attached hydrogens (tertiary/aromatic N) is 2. The van der Waals surface area contributed by atoms with Crippen molar-refractivity contribution in [2.24, 2.45) is 0 Å². The van der Waals surface area contributed by atoms with Crippen LogP contribution >= 0.6 is 0 Å². The molecule has 2 amide bonds. The van der Waals surface area contributed by atoms with Gasteiger partial charge in [-0.2, -0.15) is 0 Å². The van der Waals surface area contributed by atoms with Gasteiger partial charge < -0.3 is 9.64 Å². The van der Waals surface area contributed by atoms with Crippen molar-refractivity contribution in [3.05, 3.63) is 47.4 Å². The lowest BCUT2D eigenvalue weighted by Gasteiger charge is -2.28. The van der Waals surface area contributed by atoms with Crippen LogP contribution in [0, 0.1) is 5.82 Å². The monoisotopic (exact) mass is 405 g/mol. The minimum Gasteiger partial charge on any atom is -0.454 e. The first-order valence-electron chi connectivity index (χ1n) is 9.09. The summed E-state index contributed by atoms with van der Waals surface area (Å²) < 4.78 is 44.5. The molecule has 28 heavy (non-hydrogen) atoms. The van der Waals surface area contributed by atoms with Gasteiger partial charge >= 0.3 is 6.03 Å². The van der Waals surface area contributed by atoms with Crippen molar-refractivity contribution in [2.75, 3.05) is 11.9 Å². The molecule has 9 heteroatoms. The fraction of sp³-hybridized carbons (Fsp3) is 0.368. The number of urea groups is 1. The quantitative estimate of drug-likeness (QED) is 0.795. The molecule has 0 atom stereocenters. The number of halogens is 1. The highest BCUT2D eigenvalue weighted by Gasteiger charge is 2.35. The molecule has 1 fully saturated rings. The number of carbonyl (C=O) groups excluding carboxylic acids is 1. The van der Waals surface area contributed by atoms with Crippen LogP contribution < -0.4 is 10.1 Å². The molecule has 4 rings (SSSR count). The van der Waals surface area contributed by atoms with Gasteiger partial charge in [0.2, 0.25) is 0 Å². The summed E-state index contributed by atoms with van der Waals surface area (Å²) in [6.07, 6.45) is 2.85. The van der Waals surface area contributed by atoms with Gasteiger partial charge in [0.15, 0.2) is 21.4 Å². The number of hydrogen-bond acceptors (Lipinski definition) is 5. The van der Waals surface area contributed by atoms with E-state index in [0.29, 0.717) is 48.6 Å². The van der Waals surface area contributed by atoms with Crippen molar-refractivity contribution in [1.29, 1.82) is 0 Å². The highest BCUT2D eigenvalue weighted by molar-refractivity contribution is 7.91. The van der Waals surface area contributed by atoms with E-state index >= 15 is 0 Å². The largest absolute Gasteiger partial charge is 0.454 e. The van der Waals surface area contributed by atoms with Crippen LogP contribution in [0.25, 0.3) is 0 Å². The third-order valence-corrected chi connectivity index (χ3v) is 7.10. The Morgan fingerprint density at radius 2 is 2.07 bits per heavy atom. The van der Waals surface area contributed by atoms with Gasteiger partial charge in [0, 0.05) is 12.7 Å². The molecule has 2 aliphatic rings. The van der Waals surface area contributed by atoms with Gasteiger partial charge in [0.1, 0.15) is 11.6 Å².